The van der Waals surface area contributed by atoms with Crippen molar-refractivity contribution in [2.45, 2.75) is 6.18 Å². The summed E-state index contributed by atoms with van der Waals surface area (Å²) in [6, 6.07) is 10.8. The van der Waals surface area contributed by atoms with Gasteiger partial charge in [0.05, 0.1) is 0 Å². The molecule has 1 aromatic carbocycles. The monoisotopic (exact) mass is 220 g/mol. The van der Waals surface area contributed by atoms with Crippen molar-refractivity contribution in [1.29, 1.82) is 0 Å². The quantitative estimate of drug-likeness (QED) is 0.687. The number of benzene rings is 1. The third kappa shape index (κ3) is 2.32. The summed E-state index contributed by atoms with van der Waals surface area (Å²) in [5, 5.41) is 0. The van der Waals surface area contributed by atoms with Crippen LogP contribution in [0, 0.1) is 0 Å². The van der Waals surface area contributed by atoms with Gasteiger partial charge in [0, 0.05) is 0 Å². The summed E-state index contributed by atoms with van der Waals surface area (Å²) in [6.07, 6.45) is -4.27. The topological polar surface area (TPSA) is 0 Å². The average Bonchev–Trinajstić information content (AvgIpc) is 2.29. The van der Waals surface area contributed by atoms with Crippen molar-refractivity contribution >= 4 is 6.91 Å². The molecule has 2 aromatic rings. The van der Waals surface area contributed by atoms with E-state index < -0.39 is 11.7 Å². The molecule has 0 bridgehead atoms. The van der Waals surface area contributed by atoms with Gasteiger partial charge in [-0.2, -0.15) is 0 Å². The van der Waals surface area contributed by atoms with Gasteiger partial charge in [-0.15, -0.1) is 0 Å². The average molecular weight is 220 g/mol. The third-order valence-corrected chi connectivity index (χ3v) is 2.32. The van der Waals surface area contributed by atoms with Crippen LogP contribution < -0.4 is 0 Å². The van der Waals surface area contributed by atoms with E-state index in [0.29, 0.717) is 0 Å². The fourth-order valence-corrected chi connectivity index (χ4v) is 1.48. The maximum atomic E-state index is 12.3. The van der Waals surface area contributed by atoms with Gasteiger partial charge in [-0.1, -0.05) is 0 Å². The Balaban J connectivity index is 2.34. The Morgan fingerprint density at radius 3 is 2.06 bits per heavy atom. The van der Waals surface area contributed by atoms with E-state index in [1.807, 2.05) is 31.1 Å². The Morgan fingerprint density at radius 1 is 0.875 bits per heavy atom. The van der Waals surface area contributed by atoms with Crippen molar-refractivity contribution in [3.63, 3.8) is 0 Å². The van der Waals surface area contributed by atoms with E-state index in [-0.39, 0.29) is 0 Å². The molecule has 0 aliphatic heterocycles. The number of alkyl halides is 3. The molecule has 0 saturated heterocycles. The zero-order valence-electron chi connectivity index (χ0n) is 8.33. The summed E-state index contributed by atoms with van der Waals surface area (Å²) in [6.45, 7) is 1.86. The van der Waals surface area contributed by atoms with Gasteiger partial charge in [-0.25, -0.2) is 0 Å². The van der Waals surface area contributed by atoms with E-state index in [1.54, 1.807) is 0 Å². The van der Waals surface area contributed by atoms with E-state index in [2.05, 4.69) is 0 Å². The Hall–Kier alpha value is -1.58. The molecule has 0 N–H and O–H groups in total. The van der Waals surface area contributed by atoms with Crippen LogP contribution in [0.25, 0.3) is 11.0 Å². The molecule has 0 spiro atoms. The van der Waals surface area contributed by atoms with Crippen molar-refractivity contribution in [2.75, 3.05) is 0 Å². The zero-order chi connectivity index (χ0) is 11.6. The van der Waals surface area contributed by atoms with E-state index in [0.717, 1.165) is 23.2 Å². The molecule has 1 heterocycles. The molecular formula is C12H8BF3. The predicted molar refractivity (Wildman–Crippen MR) is 58.2 cm³/mol. The van der Waals surface area contributed by atoms with Gasteiger partial charge < -0.3 is 0 Å². The maximum absolute atomic E-state index is 12.3. The second-order valence-corrected chi connectivity index (χ2v) is 3.44. The standard InChI is InChI=1S/C12H8BF3/c14-12(15,16)10-6-4-9(5-7-10)11-3-1-2-8-13-11/h1-8H. The Labute approximate surface area is 91.9 Å². The first kappa shape index (κ1) is 10.9. The number of halogens is 3. The predicted octanol–water partition coefficient (Wildman–Crippen LogP) is 3.71. The van der Waals surface area contributed by atoms with Crippen molar-refractivity contribution in [1.82, 2.24) is 0 Å². The molecule has 0 aliphatic rings. The first-order valence-electron chi connectivity index (χ1n) is 4.80. The minimum absolute atomic E-state index is 0.618. The molecule has 1 aromatic heterocycles. The number of hydrogen-bond acceptors (Lipinski definition) is 0. The van der Waals surface area contributed by atoms with Gasteiger partial charge in [-0.3, -0.25) is 0 Å². The fourth-order valence-electron chi connectivity index (χ4n) is 1.48. The minimum atomic E-state index is -4.27. The van der Waals surface area contributed by atoms with Gasteiger partial charge in [0.25, 0.3) is 0 Å². The molecule has 0 nitrogen and oxygen atoms in total. The number of hydrogen-bond donors (Lipinski definition) is 0. The molecule has 16 heavy (non-hydrogen) atoms. The van der Waals surface area contributed by atoms with Crippen LogP contribution in [0.3, 0.4) is 0 Å². The molecule has 80 valence electrons. The van der Waals surface area contributed by atoms with Gasteiger partial charge in [0.15, 0.2) is 0 Å². The summed E-state index contributed by atoms with van der Waals surface area (Å²) >= 11 is 0. The van der Waals surface area contributed by atoms with Crippen LogP contribution in [-0.2, 0) is 6.18 Å². The first-order chi connectivity index (χ1) is 7.57. The van der Waals surface area contributed by atoms with E-state index in [1.165, 1.54) is 12.1 Å². The molecule has 2 rings (SSSR count). The summed E-state index contributed by atoms with van der Waals surface area (Å²) in [5.74, 6) is 1.85. The normalized spacial score (nSPS) is 11.2. The van der Waals surface area contributed by atoms with Crippen molar-refractivity contribution in [2.24, 2.45) is 0 Å². The molecule has 0 saturated carbocycles. The fraction of sp³-hybridized carbons (Fsp3) is 0.0833. The van der Waals surface area contributed by atoms with Crippen LogP contribution in [0.4, 0.5) is 13.2 Å². The van der Waals surface area contributed by atoms with Gasteiger partial charge >= 0.3 is 91.3 Å². The van der Waals surface area contributed by atoms with Crippen LogP contribution >= 0.6 is 0 Å². The summed E-state index contributed by atoms with van der Waals surface area (Å²) in [7, 11) is 0. The van der Waals surface area contributed by atoms with Crippen LogP contribution in [0.5, 0.6) is 0 Å². The summed E-state index contributed by atoms with van der Waals surface area (Å²) in [5.41, 5.74) is 1.08. The van der Waals surface area contributed by atoms with E-state index in [4.69, 9.17) is 0 Å². The second kappa shape index (κ2) is 4.12. The molecule has 0 amide bonds. The van der Waals surface area contributed by atoms with Gasteiger partial charge in [0.1, 0.15) is 0 Å². The second-order valence-electron chi connectivity index (χ2n) is 3.44. The molecule has 4 heteroatoms. The van der Waals surface area contributed by atoms with Crippen molar-refractivity contribution in [3.8, 4) is 11.0 Å². The molecule has 0 fully saturated rings. The Bertz CT molecular complexity index is 460. The Morgan fingerprint density at radius 2 is 1.56 bits per heavy atom. The van der Waals surface area contributed by atoms with Gasteiger partial charge in [-0.05, 0) is 0 Å². The van der Waals surface area contributed by atoms with Crippen molar-refractivity contribution in [3.05, 3.63) is 54.0 Å². The van der Waals surface area contributed by atoms with E-state index >= 15 is 0 Å². The first-order valence-corrected chi connectivity index (χ1v) is 4.80. The molecular weight excluding hydrogens is 212 g/mol. The third-order valence-electron chi connectivity index (χ3n) is 2.32. The molecule has 0 radical (unpaired) electrons. The van der Waals surface area contributed by atoms with Gasteiger partial charge in [0.2, 0.25) is 0 Å². The summed E-state index contributed by atoms with van der Waals surface area (Å²) in [4.78, 5) is 0. The molecule has 0 unspecified atom stereocenters. The van der Waals surface area contributed by atoms with Crippen LogP contribution in [0.2, 0.25) is 0 Å². The summed E-state index contributed by atoms with van der Waals surface area (Å²) < 4.78 is 37.0. The number of rotatable bonds is 1. The SMILES string of the molecule is FC(F)(F)c1ccc(-c2bcccc2)cc1. The van der Waals surface area contributed by atoms with E-state index in [9.17, 15) is 13.2 Å². The zero-order valence-corrected chi connectivity index (χ0v) is 8.33. The molecule has 0 aliphatic carbocycles. The molecule has 0 atom stereocenters. The van der Waals surface area contributed by atoms with Crippen LogP contribution in [-0.4, -0.2) is 6.91 Å². The van der Waals surface area contributed by atoms with Crippen molar-refractivity contribution < 1.29 is 13.2 Å². The van der Waals surface area contributed by atoms with Crippen LogP contribution in [0.1, 0.15) is 5.56 Å². The van der Waals surface area contributed by atoms with Crippen LogP contribution in [0.15, 0.2) is 48.4 Å². The Kier molecular flexibility index (Phi) is 2.81.